The molecule has 0 aliphatic heterocycles. The van der Waals surface area contributed by atoms with E-state index in [9.17, 15) is 24.3 Å². The lowest BCUT2D eigenvalue weighted by Gasteiger charge is -2.26. The molecule has 240 valence electrons. The Morgan fingerprint density at radius 1 is 0.610 bits per heavy atom. The highest BCUT2D eigenvalue weighted by Gasteiger charge is 2.31. The van der Waals surface area contributed by atoms with Crippen LogP contribution in [-0.4, -0.2) is 60.0 Å². The Hall–Kier alpha value is -2.20. The number of hydrogen-bond donors (Lipinski definition) is 6. The number of carbonyl (C=O) groups is 4. The van der Waals surface area contributed by atoms with Crippen LogP contribution in [-0.2, 0) is 19.2 Å². The fourth-order valence-corrected chi connectivity index (χ4v) is 4.81. The number of rotatable bonds is 27. The second kappa shape index (κ2) is 25.5. The van der Waals surface area contributed by atoms with Crippen molar-refractivity contribution in [2.24, 2.45) is 17.4 Å². The van der Waals surface area contributed by atoms with E-state index in [1.165, 1.54) is 64.2 Å². The van der Waals surface area contributed by atoms with E-state index in [0.717, 1.165) is 19.3 Å². The van der Waals surface area contributed by atoms with Crippen molar-refractivity contribution in [2.75, 3.05) is 13.1 Å². The van der Waals surface area contributed by atoms with E-state index in [4.69, 9.17) is 11.5 Å². The van der Waals surface area contributed by atoms with Gasteiger partial charge in [0, 0.05) is 6.42 Å². The van der Waals surface area contributed by atoms with E-state index in [0.29, 0.717) is 32.2 Å². The topological polar surface area (TPSA) is 177 Å². The van der Waals surface area contributed by atoms with Crippen molar-refractivity contribution in [3.05, 3.63) is 0 Å². The molecule has 3 amide bonds. The molecule has 0 heterocycles. The van der Waals surface area contributed by atoms with Gasteiger partial charge >= 0.3 is 5.97 Å². The molecule has 1 unspecified atom stereocenters. The first kappa shape index (κ1) is 38.8. The zero-order chi connectivity index (χ0) is 30.9. The van der Waals surface area contributed by atoms with Gasteiger partial charge in [-0.1, -0.05) is 97.8 Å². The maximum Gasteiger partial charge on any atom is 0.326 e. The third-order valence-corrected chi connectivity index (χ3v) is 7.42. The van der Waals surface area contributed by atoms with Crippen molar-refractivity contribution in [3.8, 4) is 0 Å². The van der Waals surface area contributed by atoms with E-state index in [-0.39, 0.29) is 24.8 Å². The van der Waals surface area contributed by atoms with Gasteiger partial charge in [0.25, 0.3) is 0 Å². The second-order valence-electron chi connectivity index (χ2n) is 11.6. The van der Waals surface area contributed by atoms with Crippen molar-refractivity contribution in [2.45, 2.75) is 154 Å². The van der Waals surface area contributed by atoms with Crippen LogP contribution in [0, 0.1) is 5.92 Å². The molecule has 0 rings (SSSR count). The SMILES string of the molecule is CCCCCCCCCCCCCCCC(=O)N[C@@H](CCCCN)C(=O)N[C@H](C(=O)NC(CCN)C(=O)O)C(C)C. The lowest BCUT2D eigenvalue weighted by Crippen LogP contribution is -2.57. The summed E-state index contributed by atoms with van der Waals surface area (Å²) < 4.78 is 0. The standard InChI is InChI=1S/C31H61N5O5/c1-4-5-6-7-8-9-10-11-12-13-14-15-16-20-27(37)34-25(19-17-18-22-32)29(38)36-28(24(2)3)30(39)35-26(21-23-33)31(40)41/h24-26,28H,4-23,32-33H2,1-3H3,(H,34,37)(H,35,39)(H,36,38)(H,40,41)/t25-,26?,28-/m0/s1. The van der Waals surface area contributed by atoms with Gasteiger partial charge in [0.1, 0.15) is 18.1 Å². The molecule has 0 saturated heterocycles. The van der Waals surface area contributed by atoms with Gasteiger partial charge in [0.15, 0.2) is 0 Å². The maximum absolute atomic E-state index is 13.2. The van der Waals surface area contributed by atoms with Gasteiger partial charge in [-0.05, 0) is 51.1 Å². The molecule has 8 N–H and O–H groups in total. The van der Waals surface area contributed by atoms with Crippen LogP contribution in [0.3, 0.4) is 0 Å². The average molecular weight is 584 g/mol. The highest BCUT2D eigenvalue weighted by Crippen LogP contribution is 2.13. The smallest absolute Gasteiger partial charge is 0.326 e. The van der Waals surface area contributed by atoms with Crippen LogP contribution in [0.15, 0.2) is 0 Å². The summed E-state index contributed by atoms with van der Waals surface area (Å²) in [6, 6.07) is -2.87. The Labute approximate surface area is 248 Å². The van der Waals surface area contributed by atoms with E-state index < -0.39 is 35.9 Å². The quantitative estimate of drug-likeness (QED) is 0.0787. The van der Waals surface area contributed by atoms with Crippen LogP contribution in [0.25, 0.3) is 0 Å². The summed E-state index contributed by atoms with van der Waals surface area (Å²) in [6.45, 7) is 6.35. The molecule has 10 nitrogen and oxygen atoms in total. The number of amides is 3. The molecule has 41 heavy (non-hydrogen) atoms. The minimum absolute atomic E-state index is 0.0802. The van der Waals surface area contributed by atoms with Crippen LogP contribution in [0.4, 0.5) is 0 Å². The first-order valence-electron chi connectivity index (χ1n) is 16.2. The number of carboxylic acids is 1. The summed E-state index contributed by atoms with van der Waals surface area (Å²) in [5.41, 5.74) is 11.1. The fraction of sp³-hybridized carbons (Fsp3) is 0.871. The first-order chi connectivity index (χ1) is 19.7. The molecule has 0 aromatic carbocycles. The molecule has 0 radical (unpaired) electrons. The number of aliphatic carboxylic acids is 1. The van der Waals surface area contributed by atoms with E-state index in [1.54, 1.807) is 13.8 Å². The third-order valence-electron chi connectivity index (χ3n) is 7.42. The third kappa shape index (κ3) is 20.3. The van der Waals surface area contributed by atoms with Gasteiger partial charge < -0.3 is 32.5 Å². The summed E-state index contributed by atoms with van der Waals surface area (Å²) in [5, 5.41) is 17.4. The number of carbonyl (C=O) groups excluding carboxylic acids is 3. The summed E-state index contributed by atoms with van der Waals surface area (Å²) in [5.74, 6) is -2.70. The molecular weight excluding hydrogens is 522 g/mol. The summed E-state index contributed by atoms with van der Waals surface area (Å²) in [4.78, 5) is 50.1. The minimum atomic E-state index is -1.18. The van der Waals surface area contributed by atoms with Crippen molar-refractivity contribution in [1.29, 1.82) is 0 Å². The van der Waals surface area contributed by atoms with Crippen LogP contribution in [0.1, 0.15) is 136 Å². The highest BCUT2D eigenvalue weighted by molar-refractivity contribution is 5.93. The number of unbranched alkanes of at least 4 members (excludes halogenated alkanes) is 13. The second-order valence-corrected chi connectivity index (χ2v) is 11.6. The number of carboxylic acid groups (broad SMARTS) is 1. The molecular formula is C31H61N5O5. The van der Waals surface area contributed by atoms with Crippen LogP contribution >= 0.6 is 0 Å². The van der Waals surface area contributed by atoms with Crippen LogP contribution in [0.5, 0.6) is 0 Å². The normalized spacial score (nSPS) is 13.4. The first-order valence-corrected chi connectivity index (χ1v) is 16.2. The molecule has 0 saturated carbocycles. The Bertz CT molecular complexity index is 719. The maximum atomic E-state index is 13.2. The Kier molecular flexibility index (Phi) is 24.1. The zero-order valence-corrected chi connectivity index (χ0v) is 26.2. The zero-order valence-electron chi connectivity index (χ0n) is 26.2. The van der Waals surface area contributed by atoms with Gasteiger partial charge in [0.05, 0.1) is 0 Å². The minimum Gasteiger partial charge on any atom is -0.480 e. The molecule has 3 atom stereocenters. The van der Waals surface area contributed by atoms with Gasteiger partial charge in [-0.25, -0.2) is 4.79 Å². The number of hydrogen-bond acceptors (Lipinski definition) is 6. The molecule has 0 bridgehead atoms. The lowest BCUT2D eigenvalue weighted by molar-refractivity contribution is -0.142. The molecule has 10 heteroatoms. The Morgan fingerprint density at radius 3 is 1.61 bits per heavy atom. The predicted octanol–water partition coefficient (Wildman–Crippen LogP) is 4.14. The highest BCUT2D eigenvalue weighted by atomic mass is 16.4. The van der Waals surface area contributed by atoms with Gasteiger partial charge in [-0.3, -0.25) is 14.4 Å². The van der Waals surface area contributed by atoms with Crippen LogP contribution in [0.2, 0.25) is 0 Å². The van der Waals surface area contributed by atoms with E-state index in [1.807, 2.05) is 0 Å². The lowest BCUT2D eigenvalue weighted by atomic mass is 10.0. The molecule has 0 aliphatic carbocycles. The van der Waals surface area contributed by atoms with E-state index >= 15 is 0 Å². The van der Waals surface area contributed by atoms with Gasteiger partial charge in [0.2, 0.25) is 17.7 Å². The van der Waals surface area contributed by atoms with Crippen molar-refractivity contribution in [3.63, 3.8) is 0 Å². The monoisotopic (exact) mass is 583 g/mol. The summed E-state index contributed by atoms with van der Waals surface area (Å²) in [6.07, 6.45) is 18.2. The Morgan fingerprint density at radius 2 is 1.15 bits per heavy atom. The molecule has 0 spiro atoms. The number of nitrogens with two attached hydrogens (primary N) is 2. The van der Waals surface area contributed by atoms with Crippen LogP contribution < -0.4 is 27.4 Å². The molecule has 0 aromatic heterocycles. The van der Waals surface area contributed by atoms with Crippen molar-refractivity contribution in [1.82, 2.24) is 16.0 Å². The fourth-order valence-electron chi connectivity index (χ4n) is 4.81. The number of nitrogens with one attached hydrogen (secondary N) is 3. The molecule has 0 aliphatic rings. The summed E-state index contributed by atoms with van der Waals surface area (Å²) in [7, 11) is 0. The molecule has 0 aromatic rings. The summed E-state index contributed by atoms with van der Waals surface area (Å²) >= 11 is 0. The largest absolute Gasteiger partial charge is 0.480 e. The van der Waals surface area contributed by atoms with Crippen molar-refractivity contribution < 1.29 is 24.3 Å². The molecule has 0 fully saturated rings. The van der Waals surface area contributed by atoms with E-state index in [2.05, 4.69) is 22.9 Å². The van der Waals surface area contributed by atoms with Gasteiger partial charge in [-0.15, -0.1) is 0 Å². The average Bonchev–Trinajstić information content (AvgIpc) is 2.93. The predicted molar refractivity (Wildman–Crippen MR) is 165 cm³/mol. The van der Waals surface area contributed by atoms with Crippen molar-refractivity contribution >= 4 is 23.7 Å². The van der Waals surface area contributed by atoms with Gasteiger partial charge in [-0.2, -0.15) is 0 Å². The Balaban J connectivity index is 4.61.